The molecule has 0 radical (unpaired) electrons. The molecule has 1 atom stereocenters. The van der Waals surface area contributed by atoms with Crippen LogP contribution in [0.2, 0.25) is 5.02 Å². The predicted octanol–water partition coefficient (Wildman–Crippen LogP) is 2.54. The van der Waals surface area contributed by atoms with Gasteiger partial charge in [-0.3, -0.25) is 4.79 Å². The molecule has 18 heavy (non-hydrogen) atoms. The van der Waals surface area contributed by atoms with Crippen molar-refractivity contribution < 1.29 is 4.79 Å². The summed E-state index contributed by atoms with van der Waals surface area (Å²) in [6, 6.07) is 7.50. The highest BCUT2D eigenvalue weighted by atomic mass is 35.5. The van der Waals surface area contributed by atoms with Gasteiger partial charge in [-0.2, -0.15) is 0 Å². The molecule has 0 aliphatic rings. The topological polar surface area (TPSA) is 55.1 Å². The number of carbonyl (C=O) groups is 1. The highest BCUT2D eigenvalue weighted by molar-refractivity contribution is 6.30. The van der Waals surface area contributed by atoms with Crippen LogP contribution < -0.4 is 11.1 Å². The van der Waals surface area contributed by atoms with Gasteiger partial charge in [-0.25, -0.2) is 0 Å². The molecule has 0 bridgehead atoms. The first-order valence-corrected chi connectivity index (χ1v) is 6.63. The van der Waals surface area contributed by atoms with Crippen molar-refractivity contribution in [3.63, 3.8) is 0 Å². The molecule has 0 aliphatic carbocycles. The number of amides is 1. The maximum absolute atomic E-state index is 11.8. The number of carbonyl (C=O) groups excluding carboxylic acids is 1. The Bertz CT molecular complexity index is 376. The third-order valence-corrected chi connectivity index (χ3v) is 3.02. The number of hydrogen-bond donors (Lipinski definition) is 2. The summed E-state index contributed by atoms with van der Waals surface area (Å²) in [7, 11) is 0. The summed E-state index contributed by atoms with van der Waals surface area (Å²) in [5.74, 6) is 0.560. The zero-order chi connectivity index (χ0) is 13.5. The Hall–Kier alpha value is -1.06. The van der Waals surface area contributed by atoms with Gasteiger partial charge in [0.2, 0.25) is 5.91 Å². The van der Waals surface area contributed by atoms with E-state index in [1.54, 1.807) is 0 Å². The quantitative estimate of drug-likeness (QED) is 0.833. The molecule has 3 nitrogen and oxygen atoms in total. The van der Waals surface area contributed by atoms with Gasteiger partial charge in [-0.1, -0.05) is 37.6 Å². The van der Waals surface area contributed by atoms with Crippen LogP contribution in [-0.4, -0.2) is 19.0 Å². The first-order chi connectivity index (χ1) is 8.52. The summed E-state index contributed by atoms with van der Waals surface area (Å²) >= 11 is 5.84. The first kappa shape index (κ1) is 15.0. The molecule has 0 saturated heterocycles. The third-order valence-electron chi connectivity index (χ3n) is 2.77. The van der Waals surface area contributed by atoms with Crippen molar-refractivity contribution in [1.29, 1.82) is 0 Å². The second-order valence-electron chi connectivity index (χ2n) is 4.89. The van der Waals surface area contributed by atoms with Gasteiger partial charge in [0.1, 0.15) is 0 Å². The monoisotopic (exact) mass is 268 g/mol. The van der Waals surface area contributed by atoms with Crippen LogP contribution in [0.5, 0.6) is 0 Å². The summed E-state index contributed by atoms with van der Waals surface area (Å²) in [5, 5.41) is 3.60. The average molecular weight is 269 g/mol. The van der Waals surface area contributed by atoms with Gasteiger partial charge in [0.05, 0.1) is 0 Å². The van der Waals surface area contributed by atoms with E-state index in [0.29, 0.717) is 30.5 Å². The molecule has 1 aromatic rings. The molecular weight excluding hydrogens is 248 g/mol. The van der Waals surface area contributed by atoms with Gasteiger partial charge >= 0.3 is 0 Å². The van der Waals surface area contributed by atoms with Gasteiger partial charge < -0.3 is 11.1 Å². The van der Waals surface area contributed by atoms with E-state index in [9.17, 15) is 4.79 Å². The first-order valence-electron chi connectivity index (χ1n) is 6.25. The highest BCUT2D eigenvalue weighted by Crippen LogP contribution is 2.20. The van der Waals surface area contributed by atoms with Crippen molar-refractivity contribution in [3.05, 3.63) is 34.9 Å². The fourth-order valence-electron chi connectivity index (χ4n) is 1.69. The molecule has 0 saturated carbocycles. The van der Waals surface area contributed by atoms with E-state index >= 15 is 0 Å². The number of rotatable bonds is 6. The van der Waals surface area contributed by atoms with E-state index in [1.807, 2.05) is 24.3 Å². The number of benzene rings is 1. The van der Waals surface area contributed by atoms with Gasteiger partial charge in [0, 0.05) is 23.9 Å². The summed E-state index contributed by atoms with van der Waals surface area (Å²) in [4.78, 5) is 11.8. The van der Waals surface area contributed by atoms with E-state index in [2.05, 4.69) is 19.2 Å². The number of nitrogens with one attached hydrogen (secondary N) is 1. The Balaban J connectivity index is 2.56. The molecule has 0 aromatic heterocycles. The molecule has 1 amide bonds. The average Bonchev–Trinajstić information content (AvgIpc) is 2.34. The molecule has 100 valence electrons. The van der Waals surface area contributed by atoms with Gasteiger partial charge in [-0.05, 0) is 30.2 Å². The molecule has 0 fully saturated rings. The number of hydrogen-bond acceptors (Lipinski definition) is 2. The smallest absolute Gasteiger partial charge is 0.220 e. The van der Waals surface area contributed by atoms with Crippen LogP contribution in [-0.2, 0) is 4.79 Å². The Kier molecular flexibility index (Phi) is 6.16. The minimum absolute atomic E-state index is 0.0501. The highest BCUT2D eigenvalue weighted by Gasteiger charge is 2.14. The van der Waals surface area contributed by atoms with Crippen LogP contribution in [0.1, 0.15) is 31.7 Å². The maximum Gasteiger partial charge on any atom is 0.220 e. The fraction of sp³-hybridized carbons (Fsp3) is 0.500. The fourth-order valence-corrected chi connectivity index (χ4v) is 1.81. The van der Waals surface area contributed by atoms with Crippen LogP contribution in [0.4, 0.5) is 0 Å². The normalized spacial score (nSPS) is 12.5. The predicted molar refractivity (Wildman–Crippen MR) is 75.7 cm³/mol. The van der Waals surface area contributed by atoms with Gasteiger partial charge in [0.25, 0.3) is 0 Å². The third kappa shape index (κ3) is 5.07. The second-order valence-corrected chi connectivity index (χ2v) is 5.32. The van der Waals surface area contributed by atoms with E-state index < -0.39 is 0 Å². The van der Waals surface area contributed by atoms with Crippen LogP contribution in [0.15, 0.2) is 24.3 Å². The lowest BCUT2D eigenvalue weighted by Crippen LogP contribution is -2.30. The summed E-state index contributed by atoms with van der Waals surface area (Å²) < 4.78 is 0. The molecule has 1 aromatic carbocycles. The van der Waals surface area contributed by atoms with Crippen LogP contribution in [0.25, 0.3) is 0 Å². The minimum atomic E-state index is 0.0501. The lowest BCUT2D eigenvalue weighted by Gasteiger charge is -2.15. The summed E-state index contributed by atoms with van der Waals surface area (Å²) in [6.45, 7) is 5.30. The van der Waals surface area contributed by atoms with E-state index in [-0.39, 0.29) is 11.8 Å². The van der Waals surface area contributed by atoms with Crippen molar-refractivity contribution in [3.8, 4) is 0 Å². The van der Waals surface area contributed by atoms with E-state index in [0.717, 1.165) is 5.56 Å². The second kappa shape index (κ2) is 7.39. The Morgan fingerprint density at radius 2 is 1.94 bits per heavy atom. The SMILES string of the molecule is CC(C)CNC(=O)CC(CN)c1ccc(Cl)cc1. The summed E-state index contributed by atoms with van der Waals surface area (Å²) in [5.41, 5.74) is 6.79. The van der Waals surface area contributed by atoms with Crippen molar-refractivity contribution in [2.45, 2.75) is 26.2 Å². The molecule has 0 heterocycles. The minimum Gasteiger partial charge on any atom is -0.356 e. The lowest BCUT2D eigenvalue weighted by molar-refractivity contribution is -0.121. The van der Waals surface area contributed by atoms with Crippen LogP contribution >= 0.6 is 11.6 Å². The standard InChI is InChI=1S/C14H21ClN2O/c1-10(2)9-17-14(18)7-12(8-16)11-3-5-13(15)6-4-11/h3-6,10,12H,7-9,16H2,1-2H3,(H,17,18). The van der Waals surface area contributed by atoms with Crippen molar-refractivity contribution in [2.75, 3.05) is 13.1 Å². The van der Waals surface area contributed by atoms with E-state index in [1.165, 1.54) is 0 Å². The summed E-state index contributed by atoms with van der Waals surface area (Å²) in [6.07, 6.45) is 0.421. The maximum atomic E-state index is 11.8. The van der Waals surface area contributed by atoms with Crippen molar-refractivity contribution >= 4 is 17.5 Å². The number of nitrogens with two attached hydrogens (primary N) is 1. The van der Waals surface area contributed by atoms with Gasteiger partial charge in [-0.15, -0.1) is 0 Å². The zero-order valence-electron chi connectivity index (χ0n) is 10.9. The molecule has 4 heteroatoms. The molecule has 0 aliphatic heterocycles. The van der Waals surface area contributed by atoms with Crippen molar-refractivity contribution in [2.24, 2.45) is 11.7 Å². The lowest BCUT2D eigenvalue weighted by atomic mass is 9.95. The molecule has 3 N–H and O–H groups in total. The Morgan fingerprint density at radius 1 is 1.33 bits per heavy atom. The van der Waals surface area contributed by atoms with Gasteiger partial charge in [0.15, 0.2) is 0 Å². The molecule has 1 rings (SSSR count). The van der Waals surface area contributed by atoms with Crippen LogP contribution in [0, 0.1) is 5.92 Å². The largest absolute Gasteiger partial charge is 0.356 e. The van der Waals surface area contributed by atoms with Crippen LogP contribution in [0.3, 0.4) is 0 Å². The van der Waals surface area contributed by atoms with E-state index in [4.69, 9.17) is 17.3 Å². The number of halogens is 1. The molecule has 0 spiro atoms. The Morgan fingerprint density at radius 3 is 2.44 bits per heavy atom. The zero-order valence-corrected chi connectivity index (χ0v) is 11.7. The molecular formula is C14H21ClN2O. The van der Waals surface area contributed by atoms with Crippen molar-refractivity contribution in [1.82, 2.24) is 5.32 Å². The molecule has 1 unspecified atom stereocenters. The Labute approximate surface area is 114 Å².